The van der Waals surface area contributed by atoms with Crippen LogP contribution in [0, 0.1) is 0 Å². The zero-order valence-electron chi connectivity index (χ0n) is 18.0. The first-order valence-corrected chi connectivity index (χ1v) is 12.6. The third-order valence-electron chi connectivity index (χ3n) is 5.35. The van der Waals surface area contributed by atoms with Crippen LogP contribution in [0.5, 0.6) is 11.5 Å². The smallest absolute Gasteiger partial charge is 0.263 e. The molecule has 3 N–H and O–H groups in total. The Kier molecular flexibility index (Phi) is 5.68. The van der Waals surface area contributed by atoms with Crippen molar-refractivity contribution in [2.24, 2.45) is 0 Å². The van der Waals surface area contributed by atoms with Gasteiger partial charge >= 0.3 is 0 Å². The topological polar surface area (TPSA) is 113 Å². The number of para-hydroxylation sites is 1. The fourth-order valence-corrected chi connectivity index (χ4v) is 5.72. The molecule has 10 heteroatoms. The molecule has 0 unspecified atom stereocenters. The van der Waals surface area contributed by atoms with Crippen LogP contribution in [0.1, 0.15) is 5.56 Å². The van der Waals surface area contributed by atoms with Crippen LogP contribution in [0.3, 0.4) is 0 Å². The molecule has 0 fully saturated rings. The average molecular weight is 493 g/mol. The minimum Gasteiger partial charge on any atom is -0.504 e. The fraction of sp³-hybridized carbons (Fsp3) is 0.0833. The molecule has 0 saturated carbocycles. The lowest BCUT2D eigenvalue weighted by Gasteiger charge is -2.11. The van der Waals surface area contributed by atoms with Gasteiger partial charge in [-0.05, 0) is 42.5 Å². The Balaban J connectivity index is 1.32. The zero-order chi connectivity index (χ0) is 23.7. The van der Waals surface area contributed by atoms with E-state index in [1.165, 1.54) is 30.6 Å². The first kappa shape index (κ1) is 21.9. The van der Waals surface area contributed by atoms with Crippen molar-refractivity contribution >= 4 is 53.2 Å². The van der Waals surface area contributed by atoms with Crippen molar-refractivity contribution in [3.05, 3.63) is 78.6 Å². The van der Waals surface area contributed by atoms with Crippen LogP contribution in [-0.4, -0.2) is 30.6 Å². The van der Waals surface area contributed by atoms with Gasteiger partial charge in [0.2, 0.25) is 0 Å². The van der Waals surface area contributed by atoms with Gasteiger partial charge in [-0.2, -0.15) is 0 Å². The number of nitrogens with zero attached hydrogens (tertiary/aromatic N) is 2. The number of sulfonamides is 1. The van der Waals surface area contributed by atoms with E-state index in [1.807, 2.05) is 18.2 Å². The second-order valence-corrected chi connectivity index (χ2v) is 10.2. The van der Waals surface area contributed by atoms with Gasteiger partial charge in [-0.25, -0.2) is 13.4 Å². The molecule has 0 atom stereocenters. The van der Waals surface area contributed by atoms with Crippen LogP contribution < -0.4 is 14.8 Å². The number of anilines is 2. The van der Waals surface area contributed by atoms with Crippen LogP contribution in [-0.2, 0) is 16.6 Å². The molecule has 34 heavy (non-hydrogen) atoms. The highest BCUT2D eigenvalue weighted by Gasteiger charge is 2.17. The SMILES string of the molecule is COc1cccc(CNc2ccc(S(=O)(=O)Nc3nc4c(ccc5cnccc54)s3)cc2)c1O. The molecular weight excluding hydrogens is 472 g/mol. The fourth-order valence-electron chi connectivity index (χ4n) is 3.60. The molecular formula is C24H20N4O4S2. The second kappa shape index (κ2) is 8.81. The average Bonchev–Trinajstić information content (AvgIpc) is 3.26. The van der Waals surface area contributed by atoms with E-state index in [9.17, 15) is 13.5 Å². The van der Waals surface area contributed by atoms with Gasteiger partial charge in [0.05, 0.1) is 22.2 Å². The summed E-state index contributed by atoms with van der Waals surface area (Å²) in [5.41, 5.74) is 2.11. The molecule has 5 aromatic rings. The number of ether oxygens (including phenoxy) is 1. The van der Waals surface area contributed by atoms with Crippen LogP contribution in [0.2, 0.25) is 0 Å². The van der Waals surface area contributed by atoms with Crippen LogP contribution >= 0.6 is 11.3 Å². The minimum absolute atomic E-state index is 0.0702. The molecule has 0 amide bonds. The number of aromatic hydroxyl groups is 1. The summed E-state index contributed by atoms with van der Waals surface area (Å²) in [5.74, 6) is 0.465. The summed E-state index contributed by atoms with van der Waals surface area (Å²) in [6.45, 7) is 0.350. The molecule has 0 spiro atoms. The lowest BCUT2D eigenvalue weighted by molar-refractivity contribution is 0.371. The quantitative estimate of drug-likeness (QED) is 0.294. The van der Waals surface area contributed by atoms with Crippen molar-refractivity contribution in [2.75, 3.05) is 17.1 Å². The Labute approximate surface area is 199 Å². The monoisotopic (exact) mass is 492 g/mol. The third kappa shape index (κ3) is 4.20. The molecule has 0 aliphatic carbocycles. The molecule has 0 radical (unpaired) electrons. The van der Waals surface area contributed by atoms with Gasteiger partial charge in [-0.1, -0.05) is 29.5 Å². The van der Waals surface area contributed by atoms with Gasteiger partial charge in [0.25, 0.3) is 10.0 Å². The van der Waals surface area contributed by atoms with Gasteiger partial charge < -0.3 is 15.2 Å². The van der Waals surface area contributed by atoms with Crippen molar-refractivity contribution < 1.29 is 18.3 Å². The molecule has 5 rings (SSSR count). The Hall–Kier alpha value is -3.89. The molecule has 172 valence electrons. The molecule has 0 saturated heterocycles. The number of phenols is 1. The summed E-state index contributed by atoms with van der Waals surface area (Å²) in [5, 5.41) is 15.5. The number of hydrogen-bond acceptors (Lipinski definition) is 8. The molecule has 0 aliphatic heterocycles. The maximum absolute atomic E-state index is 12.9. The lowest BCUT2D eigenvalue weighted by atomic mass is 10.1. The Morgan fingerprint density at radius 1 is 1.06 bits per heavy atom. The number of methoxy groups -OCH3 is 1. The number of aromatic nitrogens is 2. The van der Waals surface area contributed by atoms with Crippen molar-refractivity contribution in [3.8, 4) is 11.5 Å². The summed E-state index contributed by atoms with van der Waals surface area (Å²) in [6.07, 6.45) is 3.44. The minimum atomic E-state index is -3.81. The van der Waals surface area contributed by atoms with E-state index in [0.29, 0.717) is 28.7 Å². The highest BCUT2D eigenvalue weighted by molar-refractivity contribution is 7.93. The summed E-state index contributed by atoms with van der Waals surface area (Å²) in [4.78, 5) is 8.75. The van der Waals surface area contributed by atoms with E-state index in [4.69, 9.17) is 4.74 Å². The number of hydrogen-bond donors (Lipinski definition) is 3. The number of nitrogens with one attached hydrogen (secondary N) is 2. The summed E-state index contributed by atoms with van der Waals surface area (Å²) in [6, 6.07) is 17.4. The highest BCUT2D eigenvalue weighted by atomic mass is 32.2. The zero-order valence-corrected chi connectivity index (χ0v) is 19.7. The van der Waals surface area contributed by atoms with E-state index in [0.717, 1.165) is 21.0 Å². The van der Waals surface area contributed by atoms with Crippen LogP contribution in [0.25, 0.3) is 21.0 Å². The first-order valence-electron chi connectivity index (χ1n) is 10.3. The predicted octanol–water partition coefficient (Wildman–Crippen LogP) is 4.97. The standard InChI is InChI=1S/C24H20N4O4S2/c1-32-20-4-2-3-16(23(20)29)14-26-17-6-8-18(9-7-17)34(30,31)28-24-27-22-19-11-12-25-13-15(19)5-10-21(22)33-24/h2-13,26,29H,14H2,1H3,(H,27,28). The molecule has 2 aromatic heterocycles. The molecule has 0 bridgehead atoms. The summed E-state index contributed by atoms with van der Waals surface area (Å²) in [7, 11) is -2.32. The normalized spacial score (nSPS) is 11.6. The van der Waals surface area contributed by atoms with Gasteiger partial charge in [0.1, 0.15) is 0 Å². The van der Waals surface area contributed by atoms with Crippen molar-refractivity contribution in [1.29, 1.82) is 0 Å². The number of fused-ring (bicyclic) bond motifs is 3. The number of thiazole rings is 1. The molecule has 0 aliphatic rings. The van der Waals surface area contributed by atoms with Crippen molar-refractivity contribution in [2.45, 2.75) is 11.4 Å². The Morgan fingerprint density at radius 3 is 2.68 bits per heavy atom. The van der Waals surface area contributed by atoms with E-state index >= 15 is 0 Å². The number of rotatable bonds is 7. The largest absolute Gasteiger partial charge is 0.504 e. The predicted molar refractivity (Wildman–Crippen MR) is 134 cm³/mol. The summed E-state index contributed by atoms with van der Waals surface area (Å²) < 4.78 is 34.4. The van der Waals surface area contributed by atoms with Gasteiger partial charge in [0.15, 0.2) is 16.6 Å². The van der Waals surface area contributed by atoms with Gasteiger partial charge in [-0.3, -0.25) is 9.71 Å². The van der Waals surface area contributed by atoms with E-state index in [-0.39, 0.29) is 10.6 Å². The van der Waals surface area contributed by atoms with Crippen LogP contribution in [0.15, 0.2) is 78.0 Å². The van der Waals surface area contributed by atoms with E-state index in [2.05, 4.69) is 20.0 Å². The highest BCUT2D eigenvalue weighted by Crippen LogP contribution is 2.33. The van der Waals surface area contributed by atoms with Crippen molar-refractivity contribution in [1.82, 2.24) is 9.97 Å². The summed E-state index contributed by atoms with van der Waals surface area (Å²) >= 11 is 1.28. The molecule has 2 heterocycles. The first-order chi connectivity index (χ1) is 16.4. The maximum Gasteiger partial charge on any atom is 0.263 e. The van der Waals surface area contributed by atoms with E-state index < -0.39 is 10.0 Å². The number of phenolic OH excluding ortho intramolecular Hbond substituents is 1. The maximum atomic E-state index is 12.9. The number of pyridine rings is 1. The van der Waals surface area contributed by atoms with Crippen molar-refractivity contribution in [3.63, 3.8) is 0 Å². The Morgan fingerprint density at radius 2 is 1.88 bits per heavy atom. The lowest BCUT2D eigenvalue weighted by Crippen LogP contribution is -2.12. The third-order valence-corrected chi connectivity index (χ3v) is 7.77. The van der Waals surface area contributed by atoms with Crippen LogP contribution in [0.4, 0.5) is 10.8 Å². The van der Waals surface area contributed by atoms with Gasteiger partial charge in [0, 0.05) is 41.0 Å². The second-order valence-electron chi connectivity index (χ2n) is 7.48. The molecule has 3 aromatic carbocycles. The molecule has 8 nitrogen and oxygen atoms in total. The number of benzene rings is 3. The Bertz CT molecular complexity index is 1600. The van der Waals surface area contributed by atoms with E-state index in [1.54, 1.807) is 42.7 Å². The van der Waals surface area contributed by atoms with Gasteiger partial charge in [-0.15, -0.1) is 0 Å².